The van der Waals surface area contributed by atoms with E-state index in [-0.39, 0.29) is 28.6 Å². The molecule has 6 nitrogen and oxygen atoms in total. The molecular weight excluding hydrogens is 423 g/mol. The van der Waals surface area contributed by atoms with E-state index in [4.69, 9.17) is 0 Å². The minimum Gasteiger partial charge on any atom is -0.477 e. The minimum absolute atomic E-state index is 0.116. The monoisotopic (exact) mass is 445 g/mol. The number of aromatic nitrogens is 3. The number of rotatable bonds is 2. The molecule has 9 heteroatoms. The lowest BCUT2D eigenvalue weighted by atomic mass is 9.70. The summed E-state index contributed by atoms with van der Waals surface area (Å²) in [4.78, 5) is 30.9. The molecule has 0 spiro atoms. The normalized spacial score (nSPS) is 18.5. The van der Waals surface area contributed by atoms with Gasteiger partial charge in [0.15, 0.2) is 0 Å². The van der Waals surface area contributed by atoms with Crippen LogP contribution >= 0.6 is 0 Å². The molecule has 0 saturated heterocycles. The maximum atomic E-state index is 13.9. The van der Waals surface area contributed by atoms with Gasteiger partial charge < -0.3 is 14.5 Å². The van der Waals surface area contributed by atoms with Gasteiger partial charge in [-0.2, -0.15) is 13.2 Å². The molecule has 3 aromatic heterocycles. The van der Waals surface area contributed by atoms with Crippen LogP contribution in [0.2, 0.25) is 0 Å². The van der Waals surface area contributed by atoms with Gasteiger partial charge in [-0.1, -0.05) is 20.8 Å². The Labute approximate surface area is 181 Å². The van der Waals surface area contributed by atoms with Crippen molar-refractivity contribution in [3.63, 3.8) is 0 Å². The third kappa shape index (κ3) is 3.13. The van der Waals surface area contributed by atoms with Crippen LogP contribution in [-0.4, -0.2) is 25.4 Å². The average Bonchev–Trinajstić information content (AvgIpc) is 3.45. The van der Waals surface area contributed by atoms with Gasteiger partial charge in [-0.3, -0.25) is 4.79 Å². The number of carboxylic acid groups (broad SMARTS) is 1. The van der Waals surface area contributed by atoms with E-state index < -0.39 is 28.8 Å². The summed E-state index contributed by atoms with van der Waals surface area (Å²) in [6.07, 6.45) is -0.740. The number of halogens is 3. The maximum Gasteiger partial charge on any atom is 0.419 e. The zero-order chi connectivity index (χ0) is 23.2. The van der Waals surface area contributed by atoms with E-state index in [1.54, 1.807) is 6.20 Å². The molecule has 0 aromatic carbocycles. The van der Waals surface area contributed by atoms with Crippen molar-refractivity contribution in [3.05, 3.63) is 56.6 Å². The summed E-state index contributed by atoms with van der Waals surface area (Å²) < 4.78 is 43.3. The third-order valence-corrected chi connectivity index (χ3v) is 6.55. The zero-order valence-electron chi connectivity index (χ0n) is 17.8. The number of aromatic amines is 1. The SMILES string of the molecule is CC(C)(C)C1Cc2c(nc3c(C(F)(F)F)cc(C4CC4)cn23)-c2[nH]c(=O)c(C(=O)O)cc21. The number of imidazole rings is 1. The summed E-state index contributed by atoms with van der Waals surface area (Å²) in [6, 6.07) is 2.53. The lowest BCUT2D eigenvalue weighted by molar-refractivity contribution is -0.136. The van der Waals surface area contributed by atoms with Crippen LogP contribution in [-0.2, 0) is 12.6 Å². The number of hydrogen-bond donors (Lipinski definition) is 2. The Bertz CT molecular complexity index is 1340. The smallest absolute Gasteiger partial charge is 0.419 e. The maximum absolute atomic E-state index is 13.9. The second-order valence-electron chi connectivity index (χ2n) is 9.83. The van der Waals surface area contributed by atoms with Crippen LogP contribution < -0.4 is 5.56 Å². The molecular formula is C23H22F3N3O3. The van der Waals surface area contributed by atoms with Crippen molar-refractivity contribution in [1.29, 1.82) is 0 Å². The standard InChI is InChI=1S/C23H22F3N3O3/c1-22(2,3)14-8-16-18(17-12(14)7-13(21(31)32)20(30)28-17)27-19-15(23(24,25)26)6-11(9-29(16)19)10-4-5-10/h6-7,9-10,14H,4-5,8H2,1-3H3,(H,28,30)(H,31,32). The number of H-pyrrole nitrogens is 1. The van der Waals surface area contributed by atoms with Crippen molar-refractivity contribution in [2.75, 3.05) is 0 Å². The second kappa shape index (κ2) is 6.46. The van der Waals surface area contributed by atoms with Crippen molar-refractivity contribution in [2.45, 2.75) is 58.0 Å². The van der Waals surface area contributed by atoms with Crippen LogP contribution in [0.4, 0.5) is 13.2 Å². The Morgan fingerprint density at radius 1 is 1.22 bits per heavy atom. The molecule has 0 radical (unpaired) electrons. The molecule has 0 aliphatic heterocycles. The van der Waals surface area contributed by atoms with Crippen molar-refractivity contribution >= 4 is 11.6 Å². The van der Waals surface area contributed by atoms with Crippen molar-refractivity contribution in [3.8, 4) is 11.4 Å². The fraction of sp³-hybridized carbons (Fsp3) is 0.435. The van der Waals surface area contributed by atoms with Crippen LogP contribution in [0.1, 0.15) is 78.2 Å². The number of aromatic carboxylic acids is 1. The molecule has 0 bridgehead atoms. The summed E-state index contributed by atoms with van der Waals surface area (Å²) >= 11 is 0. The van der Waals surface area contributed by atoms with Gasteiger partial charge in [-0.15, -0.1) is 0 Å². The Morgan fingerprint density at radius 3 is 2.47 bits per heavy atom. The van der Waals surface area contributed by atoms with Gasteiger partial charge in [0, 0.05) is 6.20 Å². The fourth-order valence-corrected chi connectivity index (χ4v) is 4.71. The van der Waals surface area contributed by atoms with Crippen LogP contribution in [0.5, 0.6) is 0 Å². The largest absolute Gasteiger partial charge is 0.477 e. The minimum atomic E-state index is -4.58. The Balaban J connectivity index is 1.85. The molecule has 1 unspecified atom stereocenters. The molecule has 32 heavy (non-hydrogen) atoms. The first-order valence-corrected chi connectivity index (χ1v) is 10.5. The lowest BCUT2D eigenvalue weighted by Crippen LogP contribution is -2.29. The number of carboxylic acids is 1. The number of alkyl halides is 3. The molecule has 2 N–H and O–H groups in total. The molecule has 5 rings (SSSR count). The summed E-state index contributed by atoms with van der Waals surface area (Å²) in [7, 11) is 0. The summed E-state index contributed by atoms with van der Waals surface area (Å²) in [5.74, 6) is -1.46. The highest BCUT2D eigenvalue weighted by Crippen LogP contribution is 2.48. The van der Waals surface area contributed by atoms with Gasteiger partial charge in [0.05, 0.1) is 17.0 Å². The Hall–Kier alpha value is -3.10. The first kappa shape index (κ1) is 20.8. The van der Waals surface area contributed by atoms with E-state index in [1.165, 1.54) is 16.5 Å². The Morgan fingerprint density at radius 2 is 1.91 bits per heavy atom. The number of fused-ring (bicyclic) bond motifs is 5. The topological polar surface area (TPSA) is 87.5 Å². The van der Waals surface area contributed by atoms with E-state index >= 15 is 0 Å². The quantitative estimate of drug-likeness (QED) is 0.583. The first-order chi connectivity index (χ1) is 14.9. The highest BCUT2D eigenvalue weighted by Gasteiger charge is 2.41. The average molecular weight is 445 g/mol. The van der Waals surface area contributed by atoms with Gasteiger partial charge in [0.2, 0.25) is 0 Å². The number of nitrogens with zero attached hydrogens (tertiary/aromatic N) is 2. The van der Waals surface area contributed by atoms with E-state index in [1.807, 2.05) is 20.8 Å². The second-order valence-corrected chi connectivity index (χ2v) is 9.83. The predicted octanol–water partition coefficient (Wildman–Crippen LogP) is 4.97. The highest BCUT2D eigenvalue weighted by molar-refractivity contribution is 5.88. The predicted molar refractivity (Wildman–Crippen MR) is 111 cm³/mol. The first-order valence-electron chi connectivity index (χ1n) is 10.5. The summed E-state index contributed by atoms with van der Waals surface area (Å²) in [6.45, 7) is 5.95. The molecule has 3 heterocycles. The van der Waals surface area contributed by atoms with E-state index in [0.717, 1.165) is 12.8 Å². The number of hydrogen-bond acceptors (Lipinski definition) is 3. The van der Waals surface area contributed by atoms with Crippen LogP contribution in [0.25, 0.3) is 17.0 Å². The van der Waals surface area contributed by atoms with Crippen LogP contribution in [0, 0.1) is 5.41 Å². The fourth-order valence-electron chi connectivity index (χ4n) is 4.71. The third-order valence-electron chi connectivity index (χ3n) is 6.55. The number of pyridine rings is 2. The summed E-state index contributed by atoms with van der Waals surface area (Å²) in [5, 5.41) is 9.42. The van der Waals surface area contributed by atoms with Crippen LogP contribution in [0.15, 0.2) is 23.1 Å². The van der Waals surface area contributed by atoms with E-state index in [2.05, 4.69) is 9.97 Å². The molecule has 1 atom stereocenters. The molecule has 1 fully saturated rings. The lowest BCUT2D eigenvalue weighted by Gasteiger charge is -2.35. The molecule has 168 valence electrons. The molecule has 2 aliphatic carbocycles. The van der Waals surface area contributed by atoms with Gasteiger partial charge in [-0.05, 0) is 59.8 Å². The molecule has 1 saturated carbocycles. The van der Waals surface area contributed by atoms with E-state index in [0.29, 0.717) is 28.9 Å². The van der Waals surface area contributed by atoms with Gasteiger partial charge in [0.1, 0.15) is 16.9 Å². The highest BCUT2D eigenvalue weighted by atomic mass is 19.4. The number of carbonyl (C=O) groups is 1. The summed E-state index contributed by atoms with van der Waals surface area (Å²) in [5.41, 5.74) is -0.144. The molecule has 2 aliphatic rings. The van der Waals surface area contributed by atoms with Gasteiger partial charge in [-0.25, -0.2) is 9.78 Å². The molecule has 0 amide bonds. The number of nitrogens with one attached hydrogen (secondary N) is 1. The molecule has 3 aromatic rings. The van der Waals surface area contributed by atoms with Crippen molar-refractivity contribution in [2.24, 2.45) is 5.41 Å². The Kier molecular flexibility index (Phi) is 4.20. The van der Waals surface area contributed by atoms with Gasteiger partial charge >= 0.3 is 12.1 Å². The van der Waals surface area contributed by atoms with Gasteiger partial charge in [0.25, 0.3) is 5.56 Å². The zero-order valence-corrected chi connectivity index (χ0v) is 17.8. The van der Waals surface area contributed by atoms with E-state index in [9.17, 15) is 27.9 Å². The van der Waals surface area contributed by atoms with Crippen LogP contribution in [0.3, 0.4) is 0 Å². The van der Waals surface area contributed by atoms with Crippen molar-refractivity contribution < 1.29 is 23.1 Å². The van der Waals surface area contributed by atoms with Crippen molar-refractivity contribution in [1.82, 2.24) is 14.4 Å².